The summed E-state index contributed by atoms with van der Waals surface area (Å²) in [6, 6.07) is 0. The number of nitrogens with one attached hydrogen (secondary N) is 2. The molecule has 29 heteroatoms. The predicted octanol–water partition coefficient (Wildman–Crippen LogP) is 3.12. The molecular weight excluding hydrogens is 955 g/mol. The Balaban J connectivity index is 1.34. The number of aliphatic hydroxyl groups excluding tert-OH is 3. The number of aliphatic hydroxyl groups is 3. The molecule has 0 bridgehead atoms. The van der Waals surface area contributed by atoms with Crippen molar-refractivity contribution in [3.05, 3.63) is 12.7 Å². The van der Waals surface area contributed by atoms with Gasteiger partial charge in [-0.25, -0.2) is 28.6 Å². The summed E-state index contributed by atoms with van der Waals surface area (Å²) in [4.78, 5) is 88.4. The molecule has 0 radical (unpaired) electrons. The molecule has 3 rings (SSSR count). The third kappa shape index (κ3) is 20.2. The first kappa shape index (κ1) is 57.8. The van der Waals surface area contributed by atoms with E-state index >= 15 is 0 Å². The molecule has 2 amide bonds. The van der Waals surface area contributed by atoms with Crippen molar-refractivity contribution in [3.8, 4) is 0 Å². The number of nitrogens with zero attached hydrogens (tertiary/aromatic N) is 4. The zero-order valence-corrected chi connectivity index (χ0v) is 40.8. The number of imidazole rings is 1. The van der Waals surface area contributed by atoms with Crippen LogP contribution in [0.3, 0.4) is 0 Å². The maximum absolute atomic E-state index is 12.7. The van der Waals surface area contributed by atoms with Crippen LogP contribution in [0.15, 0.2) is 12.7 Å². The summed E-state index contributed by atoms with van der Waals surface area (Å²) in [6.45, 7) is 2.57. The molecule has 66 heavy (non-hydrogen) atoms. The Hall–Kier alpha value is -2.48. The number of hydrogen-bond acceptors (Lipinski definition) is 19. The largest absolute Gasteiger partial charge is 0.481 e. The number of aromatic nitrogens is 4. The van der Waals surface area contributed by atoms with Crippen molar-refractivity contribution >= 4 is 69.1 Å². The summed E-state index contributed by atoms with van der Waals surface area (Å²) < 4.78 is 62.4. The van der Waals surface area contributed by atoms with Gasteiger partial charge in [0.2, 0.25) is 16.9 Å². The molecule has 378 valence electrons. The molecule has 1 fully saturated rings. The summed E-state index contributed by atoms with van der Waals surface area (Å²) in [6.07, 6.45) is 6.45. The highest BCUT2D eigenvalue weighted by Crippen LogP contribution is 2.61. The Kier molecular flexibility index (Phi) is 24.2. The third-order valence-electron chi connectivity index (χ3n) is 10.3. The molecule has 1 aliphatic heterocycles. The van der Waals surface area contributed by atoms with Crippen LogP contribution in [-0.2, 0) is 50.7 Å². The van der Waals surface area contributed by atoms with E-state index < -0.39 is 90.7 Å². The molecule has 25 nitrogen and oxygen atoms in total. The van der Waals surface area contributed by atoms with E-state index in [1.165, 1.54) is 65.2 Å². The number of nitrogens with two attached hydrogens (primary N) is 1. The van der Waals surface area contributed by atoms with Gasteiger partial charge < -0.3 is 56.0 Å². The number of rotatable bonds is 33. The number of thioether (sulfide) groups is 1. The van der Waals surface area contributed by atoms with Gasteiger partial charge in [0.25, 0.3) is 0 Å². The molecular formula is C37H66N7O18P3S. The second-order valence-electron chi connectivity index (χ2n) is 16.4. The van der Waals surface area contributed by atoms with Gasteiger partial charge in [0.15, 0.2) is 17.7 Å². The minimum absolute atomic E-state index is 0.0276. The fourth-order valence-corrected chi connectivity index (χ4v) is 10.2. The number of unbranched alkanes of at least 4 members (excludes halogenated alkanes) is 11. The number of phosphoric acid groups is 3. The average Bonchev–Trinajstić information content (AvgIpc) is 3.80. The molecule has 2 aromatic heterocycles. The standard InChI is InChI=1S/C37H66N7O18P3S/c1-4-5-6-7-8-9-10-11-12-13-14-15-16-25(45)36(50)66-20-19-39-27(46)17-18-40-34(49)31(48)37(2,3)22-59-65(56,57)62-64(54,55)58-21-26-30(61-63(51,52)53)29(47)35(60-26)44-24-43-28-32(38)41-23-42-33(28)44/h23-26,29-31,35,45,47-48H,4-22H2,1-3H3,(H,39,46)(H,40,49)(H,54,55)(H,56,57)(H2,38,41,42)(H2,51,52,53)/t25-,26-,29-,30-,31+,35-/m1/s1. The van der Waals surface area contributed by atoms with Gasteiger partial charge in [-0.1, -0.05) is 110 Å². The summed E-state index contributed by atoms with van der Waals surface area (Å²) in [5, 5.41) is 36.3. The molecule has 0 saturated carbocycles. The van der Waals surface area contributed by atoms with Crippen LogP contribution in [-0.4, -0.2) is 134 Å². The number of hydrogen-bond donors (Lipinski definition) is 10. The fraction of sp³-hybridized carbons (Fsp3) is 0.784. The van der Waals surface area contributed by atoms with E-state index in [1.54, 1.807) is 0 Å². The second kappa shape index (κ2) is 27.6. The van der Waals surface area contributed by atoms with E-state index in [-0.39, 0.29) is 47.4 Å². The predicted molar refractivity (Wildman–Crippen MR) is 239 cm³/mol. The third-order valence-corrected chi connectivity index (χ3v) is 14.4. The summed E-state index contributed by atoms with van der Waals surface area (Å²) >= 11 is 0.913. The van der Waals surface area contributed by atoms with E-state index in [4.69, 9.17) is 19.5 Å². The molecule has 11 N–H and O–H groups in total. The van der Waals surface area contributed by atoms with Crippen LogP contribution in [0, 0.1) is 5.41 Å². The number of carbonyl (C=O) groups excluding carboxylic acids is 3. The van der Waals surface area contributed by atoms with Gasteiger partial charge in [-0.15, -0.1) is 0 Å². The number of nitrogen functional groups attached to an aromatic ring is 1. The van der Waals surface area contributed by atoms with Gasteiger partial charge in [-0.05, 0) is 6.42 Å². The normalized spacial score (nSPS) is 20.7. The molecule has 0 aromatic carbocycles. The first-order chi connectivity index (χ1) is 31.0. The van der Waals surface area contributed by atoms with Crippen LogP contribution in [0.2, 0.25) is 0 Å². The van der Waals surface area contributed by atoms with Crippen molar-refractivity contribution in [2.45, 2.75) is 147 Å². The number of fused-ring (bicyclic) bond motifs is 1. The Labute approximate surface area is 387 Å². The smallest absolute Gasteiger partial charge is 0.386 e. The molecule has 3 heterocycles. The SMILES string of the molecule is CCCCCCCCCCCCCC[C@@H](O)C(=O)SCCNC(=O)CCNC(=O)[C@H](O)C(C)(C)COP(=O)(O)OP(=O)(O)OC[C@H]1O[C@@H](n2cnc3c(N)ncnc32)[C@H](O)[C@@H]1OP(=O)(O)O. The number of amides is 2. The van der Waals surface area contributed by atoms with Gasteiger partial charge in [-0.3, -0.25) is 32.5 Å². The van der Waals surface area contributed by atoms with E-state index in [0.717, 1.165) is 54.7 Å². The number of phosphoric ester groups is 3. The van der Waals surface area contributed by atoms with Gasteiger partial charge >= 0.3 is 23.5 Å². The minimum Gasteiger partial charge on any atom is -0.386 e. The lowest BCUT2D eigenvalue weighted by Gasteiger charge is -2.30. The number of carbonyl (C=O) groups is 3. The molecule has 2 aromatic rings. The van der Waals surface area contributed by atoms with Crippen LogP contribution in [0.25, 0.3) is 11.2 Å². The van der Waals surface area contributed by atoms with Crippen molar-refractivity contribution in [3.63, 3.8) is 0 Å². The molecule has 0 spiro atoms. The second-order valence-corrected chi connectivity index (χ2v) is 21.8. The lowest BCUT2D eigenvalue weighted by atomic mass is 9.87. The monoisotopic (exact) mass is 1020 g/mol. The molecule has 2 unspecified atom stereocenters. The van der Waals surface area contributed by atoms with Gasteiger partial charge in [0, 0.05) is 30.7 Å². The van der Waals surface area contributed by atoms with E-state index in [2.05, 4.69) is 41.3 Å². The van der Waals surface area contributed by atoms with Crippen molar-refractivity contribution in [2.24, 2.45) is 5.41 Å². The molecule has 1 saturated heterocycles. The van der Waals surface area contributed by atoms with Gasteiger partial charge in [0.05, 0.1) is 19.5 Å². The van der Waals surface area contributed by atoms with Crippen LogP contribution < -0.4 is 16.4 Å². The lowest BCUT2D eigenvalue weighted by Crippen LogP contribution is -2.46. The van der Waals surface area contributed by atoms with Gasteiger partial charge in [0.1, 0.15) is 42.4 Å². The van der Waals surface area contributed by atoms with Crippen molar-refractivity contribution in [1.82, 2.24) is 30.2 Å². The van der Waals surface area contributed by atoms with Crippen molar-refractivity contribution < 1.29 is 85.6 Å². The first-order valence-corrected chi connectivity index (χ1v) is 27.2. The van der Waals surface area contributed by atoms with Crippen LogP contribution in [0.1, 0.15) is 117 Å². The van der Waals surface area contributed by atoms with E-state index in [0.29, 0.717) is 6.42 Å². The first-order valence-electron chi connectivity index (χ1n) is 21.7. The highest BCUT2D eigenvalue weighted by molar-refractivity contribution is 8.13. The zero-order valence-electron chi connectivity index (χ0n) is 37.3. The molecule has 1 aliphatic rings. The van der Waals surface area contributed by atoms with Crippen molar-refractivity contribution in [1.29, 1.82) is 0 Å². The maximum atomic E-state index is 12.7. The number of anilines is 1. The van der Waals surface area contributed by atoms with Crippen molar-refractivity contribution in [2.75, 3.05) is 37.8 Å². The average molecular weight is 1020 g/mol. The van der Waals surface area contributed by atoms with E-state index in [9.17, 15) is 63.0 Å². The van der Waals surface area contributed by atoms with Crippen LogP contribution in [0.5, 0.6) is 0 Å². The van der Waals surface area contributed by atoms with E-state index in [1.807, 2.05) is 0 Å². The molecule has 8 atom stereocenters. The molecule has 0 aliphatic carbocycles. The summed E-state index contributed by atoms with van der Waals surface area (Å²) in [5.74, 6) is -1.29. The quantitative estimate of drug-likeness (QED) is 0.0362. The minimum atomic E-state index is -5.59. The maximum Gasteiger partial charge on any atom is 0.481 e. The zero-order chi connectivity index (χ0) is 49.1. The lowest BCUT2D eigenvalue weighted by molar-refractivity contribution is -0.137. The Morgan fingerprint density at radius 1 is 0.894 bits per heavy atom. The fourth-order valence-electron chi connectivity index (χ4n) is 6.67. The Morgan fingerprint density at radius 2 is 1.50 bits per heavy atom. The van der Waals surface area contributed by atoms with Gasteiger partial charge in [-0.2, -0.15) is 4.31 Å². The number of ether oxygens (including phenoxy) is 1. The Bertz CT molecular complexity index is 2000. The summed E-state index contributed by atoms with van der Waals surface area (Å²) in [7, 11) is -16.4. The van der Waals surface area contributed by atoms with Crippen LogP contribution >= 0.6 is 35.2 Å². The summed E-state index contributed by atoms with van der Waals surface area (Å²) in [5.41, 5.74) is 4.25. The highest BCUT2D eigenvalue weighted by atomic mass is 32.2. The van der Waals surface area contributed by atoms with Crippen LogP contribution in [0.4, 0.5) is 5.82 Å². The Morgan fingerprint density at radius 3 is 2.12 bits per heavy atom. The topological polar surface area (TPSA) is 384 Å². The highest BCUT2D eigenvalue weighted by Gasteiger charge is 2.50.